The van der Waals surface area contributed by atoms with Gasteiger partial charge in [-0.05, 0) is 18.6 Å². The van der Waals surface area contributed by atoms with E-state index < -0.39 is 10.1 Å². The molecule has 104 valence electrons. The Kier molecular flexibility index (Phi) is 7.13. The molecule has 0 aliphatic rings. The molecule has 0 bridgehead atoms. The Balaban J connectivity index is 0.000000360. The van der Waals surface area contributed by atoms with Crippen molar-refractivity contribution in [1.29, 1.82) is 0 Å². The van der Waals surface area contributed by atoms with Crippen molar-refractivity contribution in [3.63, 3.8) is 0 Å². The Morgan fingerprint density at radius 1 is 1.11 bits per heavy atom. The van der Waals surface area contributed by atoms with Gasteiger partial charge in [-0.2, -0.15) is 8.42 Å². The zero-order valence-electron chi connectivity index (χ0n) is 11.9. The van der Waals surface area contributed by atoms with Crippen LogP contribution in [0.25, 0.3) is 0 Å². The monoisotopic (exact) mass is 274 g/mol. The highest BCUT2D eigenvalue weighted by atomic mass is 32.2. The first kappa shape index (κ1) is 17.1. The number of hydrogen-bond donors (Lipinski definition) is 0. The molecule has 0 aromatic heterocycles. The number of rotatable bonds is 4. The van der Waals surface area contributed by atoms with Crippen LogP contribution in [0.4, 0.5) is 0 Å². The fourth-order valence-electron chi connectivity index (χ4n) is 1.35. The highest BCUT2D eigenvalue weighted by Crippen LogP contribution is 2.09. The van der Waals surface area contributed by atoms with Crippen molar-refractivity contribution in [3.8, 4) is 0 Å². The number of quaternary nitrogens is 1. The van der Waals surface area contributed by atoms with Crippen LogP contribution in [0.5, 0.6) is 0 Å². The second-order valence-electron chi connectivity index (χ2n) is 4.95. The molecule has 5 heteroatoms. The molecule has 0 aliphatic carbocycles. The molecule has 1 rings (SSSR count). The number of hydrogen-bond acceptors (Lipinski definition) is 3. The largest absolute Gasteiger partial charge is 0.331 e. The lowest BCUT2D eigenvalue weighted by Crippen LogP contribution is -2.34. The average Bonchev–Trinajstić information content (AvgIpc) is 2.29. The topological polar surface area (TPSA) is 43.4 Å². The fourth-order valence-corrected chi connectivity index (χ4v) is 2.04. The van der Waals surface area contributed by atoms with Gasteiger partial charge >= 0.3 is 0 Å². The Hall–Kier alpha value is -0.910. The van der Waals surface area contributed by atoms with E-state index in [2.05, 4.69) is 32.2 Å². The minimum Gasteiger partial charge on any atom is -0.331 e. The zero-order valence-corrected chi connectivity index (χ0v) is 12.7. The molecular formula is C13H24NO3S+. The number of nitrogens with zero attached hydrogens (tertiary/aromatic N) is 1. The molecule has 18 heavy (non-hydrogen) atoms. The molecule has 0 atom stereocenters. The minimum absolute atomic E-state index is 0.183. The second-order valence-corrected chi connectivity index (χ2v) is 6.66. The summed E-state index contributed by atoms with van der Waals surface area (Å²) in [6.45, 7) is 3.49. The quantitative estimate of drug-likeness (QED) is 0.624. The van der Waals surface area contributed by atoms with Gasteiger partial charge in [0.05, 0.1) is 39.7 Å². The van der Waals surface area contributed by atoms with Crippen molar-refractivity contribution in [2.75, 3.05) is 34.8 Å². The van der Waals surface area contributed by atoms with Crippen molar-refractivity contribution >= 4 is 10.1 Å². The molecule has 0 spiro atoms. The second kappa shape index (κ2) is 7.51. The van der Waals surface area contributed by atoms with E-state index in [9.17, 15) is 8.42 Å². The summed E-state index contributed by atoms with van der Waals surface area (Å²) in [6.07, 6.45) is 1.28. The van der Waals surface area contributed by atoms with Crippen LogP contribution >= 0.6 is 0 Å². The summed E-state index contributed by atoms with van der Waals surface area (Å²) >= 11 is 0. The van der Waals surface area contributed by atoms with Gasteiger partial charge in [0.2, 0.25) is 0 Å². The number of benzene rings is 1. The smallest absolute Gasteiger partial charge is 0.296 e. The van der Waals surface area contributed by atoms with Gasteiger partial charge in [0.1, 0.15) is 0 Å². The maximum Gasteiger partial charge on any atom is 0.296 e. The molecule has 0 saturated carbocycles. The molecule has 1 aromatic rings. The zero-order chi connectivity index (χ0) is 14.2. The Morgan fingerprint density at radius 3 is 1.89 bits per heavy atom. The summed E-state index contributed by atoms with van der Waals surface area (Å²) in [5, 5.41) is 0. The summed E-state index contributed by atoms with van der Waals surface area (Å²) in [7, 11) is 4.28. The van der Waals surface area contributed by atoms with Gasteiger partial charge in [-0.15, -0.1) is 0 Å². The van der Waals surface area contributed by atoms with Crippen molar-refractivity contribution in [3.05, 3.63) is 30.3 Å². The summed E-state index contributed by atoms with van der Waals surface area (Å²) < 4.78 is 27.3. The third-order valence-electron chi connectivity index (χ3n) is 2.15. The Morgan fingerprint density at radius 2 is 1.61 bits per heavy atom. The summed E-state index contributed by atoms with van der Waals surface area (Å²) in [5.74, 6) is 0. The molecule has 0 saturated heterocycles. The first-order valence-electron chi connectivity index (χ1n) is 5.89. The molecule has 1 aromatic carbocycles. The van der Waals surface area contributed by atoms with E-state index in [4.69, 9.17) is 0 Å². The van der Waals surface area contributed by atoms with Crippen molar-refractivity contribution < 1.29 is 17.1 Å². The van der Waals surface area contributed by atoms with E-state index >= 15 is 0 Å². The predicted molar refractivity (Wildman–Crippen MR) is 73.8 cm³/mol. The average molecular weight is 274 g/mol. The first-order valence-corrected chi connectivity index (χ1v) is 7.30. The van der Waals surface area contributed by atoms with E-state index in [0.29, 0.717) is 0 Å². The van der Waals surface area contributed by atoms with Crippen molar-refractivity contribution in [2.24, 2.45) is 0 Å². The highest BCUT2D eigenvalue weighted by Gasteiger charge is 2.10. The standard InChI is InChI=1S/C7H8O3S.C6H16N/c1-10-11(8,9)7-5-3-2-4-6-7;1-5-6-7(2,3)4/h2-6H,1H3;5-6H2,1-4H3/q;+1. The van der Waals surface area contributed by atoms with Crippen LogP contribution in [0.15, 0.2) is 35.2 Å². The third-order valence-corrected chi connectivity index (χ3v) is 3.43. The van der Waals surface area contributed by atoms with Gasteiger partial charge in [-0.25, -0.2) is 0 Å². The normalized spacial score (nSPS) is 11.6. The maximum absolute atomic E-state index is 11.0. The molecule has 0 fully saturated rings. The molecular weight excluding hydrogens is 250 g/mol. The van der Waals surface area contributed by atoms with Crippen LogP contribution in [-0.2, 0) is 14.3 Å². The highest BCUT2D eigenvalue weighted by molar-refractivity contribution is 7.86. The first-order chi connectivity index (χ1) is 8.23. The van der Waals surface area contributed by atoms with Gasteiger partial charge in [-0.1, -0.05) is 25.1 Å². The molecule has 0 amide bonds. The van der Waals surface area contributed by atoms with Crippen LogP contribution in [0.1, 0.15) is 13.3 Å². The Bertz CT molecular complexity index is 421. The lowest BCUT2D eigenvalue weighted by Gasteiger charge is -2.22. The van der Waals surface area contributed by atoms with Gasteiger partial charge < -0.3 is 4.48 Å². The van der Waals surface area contributed by atoms with Gasteiger partial charge in [-0.3, -0.25) is 4.18 Å². The van der Waals surface area contributed by atoms with Crippen LogP contribution in [0.2, 0.25) is 0 Å². The summed E-state index contributed by atoms with van der Waals surface area (Å²) in [6, 6.07) is 8.00. The minimum atomic E-state index is -3.50. The van der Waals surface area contributed by atoms with Crippen molar-refractivity contribution in [1.82, 2.24) is 0 Å². The van der Waals surface area contributed by atoms with Crippen LogP contribution < -0.4 is 0 Å². The van der Waals surface area contributed by atoms with E-state index in [-0.39, 0.29) is 4.90 Å². The summed E-state index contributed by atoms with van der Waals surface area (Å²) in [5.41, 5.74) is 0. The van der Waals surface area contributed by atoms with Crippen LogP contribution in [-0.4, -0.2) is 47.7 Å². The predicted octanol–water partition coefficient (Wildman–Crippen LogP) is 2.12. The van der Waals surface area contributed by atoms with Crippen LogP contribution in [0, 0.1) is 0 Å². The van der Waals surface area contributed by atoms with E-state index in [1.165, 1.54) is 25.1 Å². The lowest BCUT2D eigenvalue weighted by atomic mass is 10.4. The fraction of sp³-hybridized carbons (Fsp3) is 0.538. The van der Waals surface area contributed by atoms with Crippen LogP contribution in [0.3, 0.4) is 0 Å². The third kappa shape index (κ3) is 7.42. The summed E-state index contributed by atoms with van der Waals surface area (Å²) in [4.78, 5) is 0.183. The maximum atomic E-state index is 11.0. The molecule has 0 radical (unpaired) electrons. The van der Waals surface area contributed by atoms with E-state index in [1.54, 1.807) is 18.2 Å². The molecule has 0 unspecified atom stereocenters. The van der Waals surface area contributed by atoms with Gasteiger partial charge in [0, 0.05) is 0 Å². The molecule has 4 nitrogen and oxygen atoms in total. The Labute approximate surface area is 111 Å². The molecule has 0 heterocycles. The molecule has 0 aliphatic heterocycles. The van der Waals surface area contributed by atoms with Gasteiger partial charge in [0.15, 0.2) is 0 Å². The van der Waals surface area contributed by atoms with Gasteiger partial charge in [0.25, 0.3) is 10.1 Å². The van der Waals surface area contributed by atoms with E-state index in [0.717, 1.165) is 11.6 Å². The van der Waals surface area contributed by atoms with Crippen molar-refractivity contribution in [2.45, 2.75) is 18.2 Å². The SMILES string of the molecule is CCC[N+](C)(C)C.COS(=O)(=O)c1ccccc1. The lowest BCUT2D eigenvalue weighted by molar-refractivity contribution is -0.870. The molecule has 0 N–H and O–H groups in total. The van der Waals surface area contributed by atoms with E-state index in [1.807, 2.05) is 0 Å².